The average molecular weight is 531 g/mol. The van der Waals surface area contributed by atoms with Crippen molar-refractivity contribution in [2.45, 2.75) is 57.4 Å². The number of carboxylic acids is 1. The summed E-state index contributed by atoms with van der Waals surface area (Å²) in [4.78, 5) is 37.8. The van der Waals surface area contributed by atoms with Gasteiger partial charge < -0.3 is 25.2 Å². The minimum absolute atomic E-state index is 0.111. The highest BCUT2D eigenvalue weighted by Crippen LogP contribution is 2.44. The zero-order valence-electron chi connectivity index (χ0n) is 22.1. The molecule has 0 spiro atoms. The number of nitrogens with one attached hydrogen (secondary N) is 2. The molecule has 3 atom stereocenters. The average Bonchev–Trinajstić information content (AvgIpc) is 3.27. The lowest BCUT2D eigenvalue weighted by atomic mass is 9.98. The Balaban J connectivity index is 1.35. The van der Waals surface area contributed by atoms with E-state index in [1.807, 2.05) is 73.7 Å². The van der Waals surface area contributed by atoms with Crippen LogP contribution in [0.5, 0.6) is 0 Å². The molecule has 4 rings (SSSR count). The summed E-state index contributed by atoms with van der Waals surface area (Å²) in [6.07, 6.45) is -0.615. The van der Waals surface area contributed by atoms with Gasteiger partial charge in [-0.2, -0.15) is 0 Å². The van der Waals surface area contributed by atoms with Crippen molar-refractivity contribution in [1.29, 1.82) is 0 Å². The van der Waals surface area contributed by atoms with Gasteiger partial charge in [-0.3, -0.25) is 4.79 Å². The molecular formula is C31H34N2O6. The van der Waals surface area contributed by atoms with Crippen molar-refractivity contribution in [3.8, 4) is 11.1 Å². The van der Waals surface area contributed by atoms with Crippen molar-refractivity contribution >= 4 is 18.0 Å². The number of alkyl carbamates (subject to hydrolysis) is 1. The second kappa shape index (κ2) is 13.1. The van der Waals surface area contributed by atoms with Gasteiger partial charge in [0.25, 0.3) is 0 Å². The summed E-state index contributed by atoms with van der Waals surface area (Å²) in [6, 6.07) is 23.2. The number of ether oxygens (including phenoxy) is 2. The van der Waals surface area contributed by atoms with Gasteiger partial charge in [-0.15, -0.1) is 0 Å². The van der Waals surface area contributed by atoms with Crippen LogP contribution in [0.25, 0.3) is 11.1 Å². The van der Waals surface area contributed by atoms with E-state index in [4.69, 9.17) is 9.47 Å². The molecule has 3 aromatic rings. The Kier molecular flexibility index (Phi) is 9.33. The fourth-order valence-corrected chi connectivity index (χ4v) is 4.87. The first kappa shape index (κ1) is 27.9. The predicted molar refractivity (Wildman–Crippen MR) is 147 cm³/mol. The van der Waals surface area contributed by atoms with Crippen LogP contribution in [0.2, 0.25) is 0 Å². The van der Waals surface area contributed by atoms with E-state index >= 15 is 0 Å². The number of carbonyl (C=O) groups is 3. The van der Waals surface area contributed by atoms with Gasteiger partial charge >= 0.3 is 12.1 Å². The number of fused-ring (bicyclic) bond motifs is 3. The van der Waals surface area contributed by atoms with Crippen LogP contribution in [0.3, 0.4) is 0 Å². The second-order valence-corrected chi connectivity index (χ2v) is 9.64. The lowest BCUT2D eigenvalue weighted by molar-refractivity contribution is -0.146. The number of benzene rings is 3. The molecule has 0 aliphatic heterocycles. The molecule has 1 aliphatic carbocycles. The molecule has 8 nitrogen and oxygen atoms in total. The highest BCUT2D eigenvalue weighted by Gasteiger charge is 2.32. The van der Waals surface area contributed by atoms with E-state index < -0.39 is 36.2 Å². The number of aliphatic carboxylic acids is 1. The quantitative estimate of drug-likeness (QED) is 0.308. The third-order valence-corrected chi connectivity index (χ3v) is 6.92. The van der Waals surface area contributed by atoms with E-state index in [0.717, 1.165) is 27.8 Å². The van der Waals surface area contributed by atoms with Crippen LogP contribution in [0, 0.1) is 0 Å². The molecule has 204 valence electrons. The highest BCUT2D eigenvalue weighted by atomic mass is 16.5. The molecule has 3 aromatic carbocycles. The van der Waals surface area contributed by atoms with Gasteiger partial charge in [0.15, 0.2) is 6.04 Å². The van der Waals surface area contributed by atoms with Gasteiger partial charge in [-0.1, -0.05) is 92.2 Å². The second-order valence-electron chi connectivity index (χ2n) is 9.64. The number of amides is 2. The molecule has 0 saturated carbocycles. The molecule has 39 heavy (non-hydrogen) atoms. The van der Waals surface area contributed by atoms with Crippen LogP contribution in [0.1, 0.15) is 49.3 Å². The van der Waals surface area contributed by atoms with E-state index in [1.165, 1.54) is 0 Å². The summed E-state index contributed by atoms with van der Waals surface area (Å²) >= 11 is 0. The van der Waals surface area contributed by atoms with Crippen LogP contribution in [-0.2, 0) is 25.7 Å². The molecule has 2 unspecified atom stereocenters. The Morgan fingerprint density at radius 3 is 2.05 bits per heavy atom. The first-order chi connectivity index (χ1) is 18.9. The molecule has 0 aromatic heterocycles. The van der Waals surface area contributed by atoms with Crippen molar-refractivity contribution in [2.75, 3.05) is 6.61 Å². The Morgan fingerprint density at radius 1 is 0.872 bits per heavy atom. The predicted octanol–water partition coefficient (Wildman–Crippen LogP) is 4.87. The van der Waals surface area contributed by atoms with Crippen LogP contribution in [0.4, 0.5) is 4.79 Å². The Hall–Kier alpha value is -4.17. The van der Waals surface area contributed by atoms with E-state index in [1.54, 1.807) is 6.92 Å². The molecule has 2 amide bonds. The number of hydrogen-bond acceptors (Lipinski definition) is 5. The summed E-state index contributed by atoms with van der Waals surface area (Å²) in [7, 11) is 0. The molecular weight excluding hydrogens is 496 g/mol. The van der Waals surface area contributed by atoms with Crippen molar-refractivity contribution in [1.82, 2.24) is 10.6 Å². The van der Waals surface area contributed by atoms with Gasteiger partial charge in [-0.25, -0.2) is 9.59 Å². The van der Waals surface area contributed by atoms with Crippen LogP contribution < -0.4 is 10.6 Å². The Morgan fingerprint density at radius 2 is 1.46 bits per heavy atom. The maximum atomic E-state index is 13.0. The number of carboxylic acid groups (broad SMARTS) is 1. The molecule has 3 N–H and O–H groups in total. The standard InChI is InChI=1S/C31H34N2O6/c1-3-11-27(29(34)33-28(30(35)36)20(2)38-18-21-12-5-4-6-13-21)32-31(37)39-19-26-24-16-9-7-14-22(24)23-15-8-10-17-25(23)26/h4-10,12-17,20,26-28H,3,11,18-19H2,1-2H3,(H,32,37)(H,33,34)(H,35,36)/t20?,27-,28?/m1/s1. The first-order valence-corrected chi connectivity index (χ1v) is 13.2. The summed E-state index contributed by atoms with van der Waals surface area (Å²) in [5.41, 5.74) is 5.30. The van der Waals surface area contributed by atoms with Crippen LogP contribution in [0.15, 0.2) is 78.9 Å². The van der Waals surface area contributed by atoms with E-state index in [0.29, 0.717) is 12.8 Å². The van der Waals surface area contributed by atoms with E-state index in [-0.39, 0.29) is 19.1 Å². The fraction of sp³-hybridized carbons (Fsp3) is 0.323. The Labute approximate surface area is 228 Å². The molecule has 0 bridgehead atoms. The summed E-state index contributed by atoms with van der Waals surface area (Å²) in [5.74, 6) is -1.94. The SMILES string of the molecule is CCC[C@@H](NC(=O)OCC1c2ccccc2-c2ccccc21)C(=O)NC(C(=O)O)C(C)OCc1ccccc1. The first-order valence-electron chi connectivity index (χ1n) is 13.2. The smallest absolute Gasteiger partial charge is 0.407 e. The topological polar surface area (TPSA) is 114 Å². The third-order valence-electron chi connectivity index (χ3n) is 6.92. The minimum atomic E-state index is -1.29. The van der Waals surface area contributed by atoms with Gasteiger partial charge in [-0.05, 0) is 41.2 Å². The largest absolute Gasteiger partial charge is 0.480 e. The summed E-state index contributed by atoms with van der Waals surface area (Å²) in [6.45, 7) is 3.79. The normalized spacial score (nSPS) is 14.4. The van der Waals surface area contributed by atoms with Crippen molar-refractivity contribution in [3.05, 3.63) is 95.6 Å². The molecule has 8 heteroatoms. The number of hydrogen-bond donors (Lipinski definition) is 3. The van der Waals surface area contributed by atoms with Crippen LogP contribution >= 0.6 is 0 Å². The third kappa shape index (κ3) is 6.83. The van der Waals surface area contributed by atoms with Gasteiger partial charge in [0.1, 0.15) is 12.6 Å². The zero-order chi connectivity index (χ0) is 27.8. The molecule has 1 aliphatic rings. The van der Waals surface area contributed by atoms with Crippen LogP contribution in [-0.4, -0.2) is 47.9 Å². The maximum absolute atomic E-state index is 13.0. The monoisotopic (exact) mass is 530 g/mol. The number of rotatable bonds is 12. The Bertz CT molecular complexity index is 1250. The number of carbonyl (C=O) groups excluding carboxylic acids is 2. The maximum Gasteiger partial charge on any atom is 0.407 e. The van der Waals surface area contributed by atoms with Crippen molar-refractivity contribution < 1.29 is 29.0 Å². The molecule has 0 radical (unpaired) electrons. The summed E-state index contributed by atoms with van der Waals surface area (Å²) < 4.78 is 11.3. The minimum Gasteiger partial charge on any atom is -0.480 e. The zero-order valence-corrected chi connectivity index (χ0v) is 22.1. The fourth-order valence-electron chi connectivity index (χ4n) is 4.87. The van der Waals surface area contributed by atoms with Gasteiger partial charge in [0.2, 0.25) is 5.91 Å². The molecule has 0 saturated heterocycles. The summed E-state index contributed by atoms with van der Waals surface area (Å²) in [5, 5.41) is 14.9. The lowest BCUT2D eigenvalue weighted by Crippen LogP contribution is -2.55. The van der Waals surface area contributed by atoms with E-state index in [2.05, 4.69) is 22.8 Å². The van der Waals surface area contributed by atoms with Gasteiger partial charge in [0.05, 0.1) is 12.7 Å². The van der Waals surface area contributed by atoms with Gasteiger partial charge in [0, 0.05) is 5.92 Å². The van der Waals surface area contributed by atoms with Crippen molar-refractivity contribution in [2.24, 2.45) is 0 Å². The highest BCUT2D eigenvalue weighted by molar-refractivity contribution is 5.89. The molecule has 0 heterocycles. The molecule has 0 fully saturated rings. The lowest BCUT2D eigenvalue weighted by Gasteiger charge is -2.25. The van der Waals surface area contributed by atoms with E-state index in [9.17, 15) is 19.5 Å². The van der Waals surface area contributed by atoms with Crippen molar-refractivity contribution in [3.63, 3.8) is 0 Å².